The van der Waals surface area contributed by atoms with Crippen LogP contribution in [0.5, 0.6) is 5.75 Å². The van der Waals surface area contributed by atoms with Crippen molar-refractivity contribution >= 4 is 10.9 Å². The third-order valence-electron chi connectivity index (χ3n) is 5.04. The van der Waals surface area contributed by atoms with E-state index in [9.17, 15) is 0 Å². The van der Waals surface area contributed by atoms with E-state index in [2.05, 4.69) is 54.5 Å². The summed E-state index contributed by atoms with van der Waals surface area (Å²) in [5.41, 5.74) is 2.11. The molecule has 1 heterocycles. The minimum atomic E-state index is 0.374. The van der Waals surface area contributed by atoms with Crippen molar-refractivity contribution in [2.24, 2.45) is 11.8 Å². The van der Waals surface area contributed by atoms with Crippen molar-refractivity contribution in [1.82, 2.24) is 10.3 Å². The summed E-state index contributed by atoms with van der Waals surface area (Å²) >= 11 is 0. The van der Waals surface area contributed by atoms with Crippen molar-refractivity contribution in [1.29, 1.82) is 0 Å². The molecule has 0 saturated heterocycles. The molecule has 1 aliphatic rings. The van der Waals surface area contributed by atoms with Crippen molar-refractivity contribution in [3.8, 4) is 5.75 Å². The molecule has 0 unspecified atom stereocenters. The predicted molar refractivity (Wildman–Crippen MR) is 95.7 cm³/mol. The average Bonchev–Trinajstić information content (AvgIpc) is 2.56. The number of aromatic nitrogens is 1. The number of nitrogens with zero attached hydrogens (tertiary/aromatic N) is 1. The van der Waals surface area contributed by atoms with Gasteiger partial charge in [-0.3, -0.25) is 4.98 Å². The van der Waals surface area contributed by atoms with Crippen LogP contribution < -0.4 is 10.1 Å². The van der Waals surface area contributed by atoms with Gasteiger partial charge >= 0.3 is 0 Å². The van der Waals surface area contributed by atoms with Crippen LogP contribution in [0.3, 0.4) is 0 Å². The first-order valence-corrected chi connectivity index (χ1v) is 8.86. The minimum Gasteiger partial charge on any atom is -0.490 e. The second-order valence-corrected chi connectivity index (χ2v) is 7.09. The Morgan fingerprint density at radius 2 is 1.91 bits per heavy atom. The van der Waals surface area contributed by atoms with E-state index in [-0.39, 0.29) is 0 Å². The van der Waals surface area contributed by atoms with Crippen LogP contribution in [0.2, 0.25) is 0 Å². The van der Waals surface area contributed by atoms with Crippen LogP contribution in [-0.2, 0) is 6.54 Å². The van der Waals surface area contributed by atoms with Gasteiger partial charge in [0.1, 0.15) is 5.75 Å². The van der Waals surface area contributed by atoms with Gasteiger partial charge in [-0.2, -0.15) is 0 Å². The number of rotatable bonds is 5. The van der Waals surface area contributed by atoms with Crippen LogP contribution in [0.1, 0.15) is 45.2 Å². The summed E-state index contributed by atoms with van der Waals surface area (Å²) in [6, 6.07) is 10.5. The van der Waals surface area contributed by atoms with E-state index in [1.807, 2.05) is 7.05 Å². The first kappa shape index (κ1) is 16.3. The number of nitrogens with one attached hydrogen (secondary N) is 1. The minimum absolute atomic E-state index is 0.374. The fourth-order valence-electron chi connectivity index (χ4n) is 3.56. The molecule has 0 spiro atoms. The van der Waals surface area contributed by atoms with Gasteiger partial charge in [-0.15, -0.1) is 0 Å². The highest BCUT2D eigenvalue weighted by atomic mass is 16.5. The zero-order chi connectivity index (χ0) is 16.2. The van der Waals surface area contributed by atoms with E-state index < -0.39 is 0 Å². The topological polar surface area (TPSA) is 34.1 Å². The Bertz CT molecular complexity index is 645. The van der Waals surface area contributed by atoms with Gasteiger partial charge in [0.05, 0.1) is 17.3 Å². The van der Waals surface area contributed by atoms with Gasteiger partial charge in [-0.05, 0) is 68.8 Å². The van der Waals surface area contributed by atoms with E-state index in [0.29, 0.717) is 6.10 Å². The first-order valence-electron chi connectivity index (χ1n) is 8.86. The Morgan fingerprint density at radius 1 is 1.13 bits per heavy atom. The van der Waals surface area contributed by atoms with Gasteiger partial charge in [0.15, 0.2) is 0 Å². The number of hydrogen-bond acceptors (Lipinski definition) is 3. The Hall–Kier alpha value is -1.61. The van der Waals surface area contributed by atoms with Gasteiger partial charge < -0.3 is 10.1 Å². The lowest BCUT2D eigenvalue weighted by atomic mass is 9.80. The fourth-order valence-corrected chi connectivity index (χ4v) is 3.56. The van der Waals surface area contributed by atoms with Crippen LogP contribution in [0.25, 0.3) is 10.9 Å². The molecule has 3 rings (SSSR count). The molecule has 1 aliphatic carbocycles. The third-order valence-corrected chi connectivity index (χ3v) is 5.04. The quantitative estimate of drug-likeness (QED) is 0.879. The maximum Gasteiger partial charge on any atom is 0.120 e. The van der Waals surface area contributed by atoms with Gasteiger partial charge in [0, 0.05) is 11.9 Å². The average molecular weight is 312 g/mol. The Labute approximate surface area is 139 Å². The van der Waals surface area contributed by atoms with E-state index in [0.717, 1.165) is 40.7 Å². The highest BCUT2D eigenvalue weighted by Crippen LogP contribution is 2.32. The van der Waals surface area contributed by atoms with Crippen LogP contribution in [0.4, 0.5) is 0 Å². The zero-order valence-electron chi connectivity index (χ0n) is 14.5. The second kappa shape index (κ2) is 7.31. The highest BCUT2D eigenvalue weighted by Gasteiger charge is 2.24. The standard InChI is InChI=1S/C20H28N2O/c1-14(2)15-5-8-18(9-6-15)23-19-10-11-20-16(12-19)4-7-17(22-20)13-21-3/h4,7,10-12,14-15,18,21H,5-6,8-9,13H2,1-3H3. The van der Waals surface area contributed by atoms with Gasteiger partial charge in [-0.1, -0.05) is 19.9 Å². The molecule has 0 bridgehead atoms. The largest absolute Gasteiger partial charge is 0.490 e. The monoisotopic (exact) mass is 312 g/mol. The van der Waals surface area contributed by atoms with Crippen molar-refractivity contribution in [2.45, 2.75) is 52.2 Å². The van der Waals surface area contributed by atoms with E-state index >= 15 is 0 Å². The van der Waals surface area contributed by atoms with Crippen LogP contribution in [-0.4, -0.2) is 18.1 Å². The van der Waals surface area contributed by atoms with E-state index in [4.69, 9.17) is 4.74 Å². The summed E-state index contributed by atoms with van der Waals surface area (Å²) in [5, 5.41) is 4.29. The molecule has 0 amide bonds. The normalized spacial score (nSPS) is 21.7. The summed E-state index contributed by atoms with van der Waals surface area (Å²) in [6.07, 6.45) is 5.33. The fraction of sp³-hybridized carbons (Fsp3) is 0.550. The third kappa shape index (κ3) is 4.03. The Morgan fingerprint density at radius 3 is 2.61 bits per heavy atom. The molecule has 3 heteroatoms. The van der Waals surface area contributed by atoms with Crippen LogP contribution in [0.15, 0.2) is 30.3 Å². The second-order valence-electron chi connectivity index (χ2n) is 7.09. The van der Waals surface area contributed by atoms with E-state index in [1.54, 1.807) is 0 Å². The van der Waals surface area contributed by atoms with Gasteiger partial charge in [0.2, 0.25) is 0 Å². The summed E-state index contributed by atoms with van der Waals surface area (Å²) < 4.78 is 6.23. The number of fused-ring (bicyclic) bond motifs is 1. The summed E-state index contributed by atoms with van der Waals surface area (Å²) in [6.45, 7) is 5.47. The van der Waals surface area contributed by atoms with Crippen molar-refractivity contribution in [3.05, 3.63) is 36.0 Å². The molecular weight excluding hydrogens is 284 g/mol. The van der Waals surface area contributed by atoms with Crippen molar-refractivity contribution in [2.75, 3.05) is 7.05 Å². The molecule has 0 radical (unpaired) electrons. The molecule has 1 aromatic carbocycles. The van der Waals surface area contributed by atoms with Crippen LogP contribution in [0, 0.1) is 11.8 Å². The molecular formula is C20H28N2O. The first-order chi connectivity index (χ1) is 11.2. The summed E-state index contributed by atoms with van der Waals surface area (Å²) in [4.78, 5) is 4.66. The van der Waals surface area contributed by atoms with E-state index in [1.165, 1.54) is 25.7 Å². The maximum absolute atomic E-state index is 6.23. The molecule has 23 heavy (non-hydrogen) atoms. The molecule has 0 aliphatic heterocycles. The molecule has 1 saturated carbocycles. The molecule has 3 nitrogen and oxygen atoms in total. The Balaban J connectivity index is 1.66. The SMILES string of the molecule is CNCc1ccc2cc(OC3CCC(C(C)C)CC3)ccc2n1. The van der Waals surface area contributed by atoms with Crippen LogP contribution >= 0.6 is 0 Å². The van der Waals surface area contributed by atoms with Gasteiger partial charge in [0.25, 0.3) is 0 Å². The maximum atomic E-state index is 6.23. The molecule has 2 aromatic rings. The smallest absolute Gasteiger partial charge is 0.120 e. The molecule has 124 valence electrons. The van der Waals surface area contributed by atoms with Gasteiger partial charge in [-0.25, -0.2) is 0 Å². The number of pyridine rings is 1. The lowest BCUT2D eigenvalue weighted by Gasteiger charge is -2.31. The molecule has 1 fully saturated rings. The number of hydrogen-bond donors (Lipinski definition) is 1. The highest BCUT2D eigenvalue weighted by molar-refractivity contribution is 5.80. The lowest BCUT2D eigenvalue weighted by Crippen LogP contribution is -2.26. The lowest BCUT2D eigenvalue weighted by molar-refractivity contribution is 0.117. The Kier molecular flexibility index (Phi) is 5.16. The van der Waals surface area contributed by atoms with Crippen molar-refractivity contribution in [3.63, 3.8) is 0 Å². The predicted octanol–water partition coefficient (Wildman–Crippen LogP) is 4.55. The number of ether oxygens (including phenoxy) is 1. The molecule has 1 aromatic heterocycles. The van der Waals surface area contributed by atoms with Crippen molar-refractivity contribution < 1.29 is 4.74 Å². The number of benzene rings is 1. The summed E-state index contributed by atoms with van der Waals surface area (Å²) in [7, 11) is 1.94. The summed E-state index contributed by atoms with van der Waals surface area (Å²) in [5.74, 6) is 2.66. The zero-order valence-corrected chi connectivity index (χ0v) is 14.5. The molecule has 0 atom stereocenters. The molecule has 1 N–H and O–H groups in total.